The second kappa shape index (κ2) is 12.5. The first-order valence-electron chi connectivity index (χ1n) is 15.8. The second-order valence-electron chi connectivity index (χ2n) is 12.9. The molecule has 2 aromatic rings. The van der Waals surface area contributed by atoms with Crippen molar-refractivity contribution >= 4 is 22.8 Å². The summed E-state index contributed by atoms with van der Waals surface area (Å²) in [6.07, 6.45) is -2.89. The SMILES string of the molecule is CCOC(=O)[C@H]1Cc2c(O[C@H]3O[C@H](CO)[C@@H](O)[C@H](O)[C@H]3O)c(OCCCC(C)C)c3occ4c3c2[C@@H](C1)C[C@H]1C(=O)NC[C@@H]41. The number of hydrogen-bond donors (Lipinski definition) is 5. The van der Waals surface area contributed by atoms with Crippen LogP contribution < -0.4 is 14.8 Å². The van der Waals surface area contributed by atoms with E-state index in [0.717, 1.165) is 29.4 Å². The average Bonchev–Trinajstić information content (AvgIpc) is 3.55. The van der Waals surface area contributed by atoms with E-state index in [0.29, 0.717) is 43.1 Å². The molecular weight excluding hydrogens is 574 g/mol. The molecule has 3 heterocycles. The van der Waals surface area contributed by atoms with E-state index in [1.165, 1.54) is 0 Å². The highest BCUT2D eigenvalue weighted by molar-refractivity contribution is 5.97. The zero-order valence-corrected chi connectivity index (χ0v) is 25.4. The maximum Gasteiger partial charge on any atom is 0.309 e. The lowest BCUT2D eigenvalue weighted by atomic mass is 9.72. The van der Waals surface area contributed by atoms with Gasteiger partial charge in [-0.05, 0) is 56.4 Å². The maximum atomic E-state index is 13.2. The van der Waals surface area contributed by atoms with Gasteiger partial charge in [0.1, 0.15) is 24.4 Å². The van der Waals surface area contributed by atoms with Crippen LogP contribution in [0.1, 0.15) is 75.0 Å². The molecule has 4 aliphatic rings. The number of nitrogens with one attached hydrogen (secondary N) is 1. The molecule has 12 heteroatoms. The fraction of sp³-hybridized carbons (Fsp3) is 0.688. The van der Waals surface area contributed by atoms with Crippen LogP contribution in [-0.4, -0.2) is 89.4 Å². The number of amides is 1. The minimum Gasteiger partial charge on any atom is -0.486 e. The van der Waals surface area contributed by atoms with E-state index in [2.05, 4.69) is 19.2 Å². The molecule has 1 aromatic carbocycles. The molecule has 2 aliphatic carbocycles. The van der Waals surface area contributed by atoms with E-state index >= 15 is 0 Å². The van der Waals surface area contributed by atoms with Crippen LogP contribution in [0.3, 0.4) is 0 Å². The molecule has 0 saturated carbocycles. The van der Waals surface area contributed by atoms with Gasteiger partial charge in [-0.25, -0.2) is 0 Å². The number of ether oxygens (including phenoxy) is 4. The van der Waals surface area contributed by atoms with Gasteiger partial charge in [-0.15, -0.1) is 0 Å². The van der Waals surface area contributed by atoms with Crippen molar-refractivity contribution in [2.24, 2.45) is 17.8 Å². The van der Waals surface area contributed by atoms with Crippen LogP contribution in [0.4, 0.5) is 0 Å². The monoisotopic (exact) mass is 617 g/mol. The zero-order chi connectivity index (χ0) is 31.3. The number of furan rings is 1. The molecule has 12 nitrogen and oxygen atoms in total. The molecule has 2 saturated heterocycles. The maximum absolute atomic E-state index is 13.2. The highest BCUT2D eigenvalue weighted by Crippen LogP contribution is 2.57. The summed E-state index contributed by atoms with van der Waals surface area (Å²) in [5.41, 5.74) is 2.94. The highest BCUT2D eigenvalue weighted by Gasteiger charge is 2.49. The van der Waals surface area contributed by atoms with Crippen LogP contribution in [-0.2, 0) is 25.5 Å². The van der Waals surface area contributed by atoms with Crippen LogP contribution in [0.5, 0.6) is 11.5 Å². The smallest absolute Gasteiger partial charge is 0.309 e. The van der Waals surface area contributed by atoms with E-state index in [1.54, 1.807) is 13.2 Å². The highest BCUT2D eigenvalue weighted by atomic mass is 16.7. The summed E-state index contributed by atoms with van der Waals surface area (Å²) in [7, 11) is 0. The van der Waals surface area contributed by atoms with Gasteiger partial charge in [-0.2, -0.15) is 0 Å². The Kier molecular flexibility index (Phi) is 8.82. The Hall–Kier alpha value is -2.90. The molecule has 9 atom stereocenters. The first-order valence-corrected chi connectivity index (χ1v) is 15.8. The van der Waals surface area contributed by atoms with Gasteiger partial charge in [0.15, 0.2) is 11.3 Å². The van der Waals surface area contributed by atoms with Gasteiger partial charge in [-0.3, -0.25) is 9.59 Å². The number of esters is 1. The van der Waals surface area contributed by atoms with Gasteiger partial charge >= 0.3 is 5.97 Å². The van der Waals surface area contributed by atoms with Crippen LogP contribution in [0.25, 0.3) is 11.0 Å². The molecule has 1 aromatic heterocycles. The molecule has 2 aliphatic heterocycles. The number of aliphatic hydroxyl groups excluding tert-OH is 4. The number of aliphatic hydroxyl groups is 4. The van der Waals surface area contributed by atoms with E-state index in [-0.39, 0.29) is 54.2 Å². The largest absolute Gasteiger partial charge is 0.486 e. The Morgan fingerprint density at radius 1 is 1.11 bits per heavy atom. The number of rotatable bonds is 10. The van der Waals surface area contributed by atoms with E-state index < -0.39 is 43.2 Å². The van der Waals surface area contributed by atoms with Crippen LogP contribution in [0, 0.1) is 17.8 Å². The fourth-order valence-electron chi connectivity index (χ4n) is 7.47. The van der Waals surface area contributed by atoms with Gasteiger partial charge in [0, 0.05) is 34.9 Å². The van der Waals surface area contributed by atoms with Crippen LogP contribution in [0.2, 0.25) is 0 Å². The summed E-state index contributed by atoms with van der Waals surface area (Å²) in [4.78, 5) is 26.2. The minimum absolute atomic E-state index is 0.0279. The Balaban J connectivity index is 1.52. The zero-order valence-electron chi connectivity index (χ0n) is 25.4. The van der Waals surface area contributed by atoms with Crippen molar-refractivity contribution in [1.82, 2.24) is 5.32 Å². The Morgan fingerprint density at radius 2 is 1.91 bits per heavy atom. The third-order valence-corrected chi connectivity index (χ3v) is 9.66. The molecule has 242 valence electrons. The predicted molar refractivity (Wildman–Crippen MR) is 155 cm³/mol. The van der Waals surface area contributed by atoms with E-state index in [4.69, 9.17) is 23.4 Å². The number of carbonyl (C=O) groups excluding carboxylic acids is 2. The number of hydrogen-bond acceptors (Lipinski definition) is 11. The molecule has 5 N–H and O–H groups in total. The summed E-state index contributed by atoms with van der Waals surface area (Å²) >= 11 is 0. The Bertz CT molecular complexity index is 1390. The van der Waals surface area contributed by atoms with Gasteiger partial charge < -0.3 is 49.1 Å². The van der Waals surface area contributed by atoms with Crippen LogP contribution >= 0.6 is 0 Å². The molecule has 2 fully saturated rings. The lowest BCUT2D eigenvalue weighted by Gasteiger charge is -2.40. The lowest BCUT2D eigenvalue weighted by molar-refractivity contribution is -0.277. The molecule has 1 amide bonds. The lowest BCUT2D eigenvalue weighted by Crippen LogP contribution is -2.60. The van der Waals surface area contributed by atoms with Crippen molar-refractivity contribution in [3.63, 3.8) is 0 Å². The standard InChI is InChI=1S/C32H43NO11/c1-4-40-31(39)16-8-15-9-17-19(11-33-30(17)38)20-13-42-28-23(20)22(15)18(10-16)27(29(28)41-7-5-6-14(2)3)44-32-26(37)25(36)24(35)21(12-34)43-32/h13-17,19,21,24-26,32,34-37H,4-12H2,1-3H3,(H,33,38)/t15-,16+,17+,19+,21+,24+,25-,26+,32+/m0/s1. The number of benzene rings is 1. The van der Waals surface area contributed by atoms with Gasteiger partial charge in [-0.1, -0.05) is 13.8 Å². The fourth-order valence-corrected chi connectivity index (χ4v) is 7.47. The Morgan fingerprint density at radius 3 is 2.64 bits per heavy atom. The number of fused-ring (bicyclic) bond motifs is 2. The predicted octanol–water partition coefficient (Wildman–Crippen LogP) is 1.87. The molecule has 0 radical (unpaired) electrons. The number of carbonyl (C=O) groups is 2. The van der Waals surface area contributed by atoms with Crippen molar-refractivity contribution in [3.05, 3.63) is 23.0 Å². The van der Waals surface area contributed by atoms with Gasteiger partial charge in [0.2, 0.25) is 17.9 Å². The Labute approximate surface area is 255 Å². The summed E-state index contributed by atoms with van der Waals surface area (Å²) in [5, 5.41) is 45.4. The molecule has 0 bridgehead atoms. The molecule has 0 unspecified atom stereocenters. The molecule has 6 rings (SSSR count). The van der Waals surface area contributed by atoms with Crippen molar-refractivity contribution < 1.29 is 53.4 Å². The van der Waals surface area contributed by atoms with Crippen molar-refractivity contribution in [1.29, 1.82) is 0 Å². The third-order valence-electron chi connectivity index (χ3n) is 9.66. The molecule has 44 heavy (non-hydrogen) atoms. The van der Waals surface area contributed by atoms with Gasteiger partial charge in [0.25, 0.3) is 0 Å². The summed E-state index contributed by atoms with van der Waals surface area (Å²) in [5.74, 6) is -0.544. The summed E-state index contributed by atoms with van der Waals surface area (Å²) in [6, 6.07) is 0. The third kappa shape index (κ3) is 5.34. The first kappa shape index (κ1) is 31.1. The van der Waals surface area contributed by atoms with Crippen molar-refractivity contribution in [3.8, 4) is 11.5 Å². The van der Waals surface area contributed by atoms with Crippen molar-refractivity contribution in [2.45, 2.75) is 95.4 Å². The van der Waals surface area contributed by atoms with Crippen molar-refractivity contribution in [2.75, 3.05) is 26.4 Å². The summed E-state index contributed by atoms with van der Waals surface area (Å²) in [6.45, 7) is 6.44. The van der Waals surface area contributed by atoms with Gasteiger partial charge in [0.05, 0.1) is 32.0 Å². The van der Waals surface area contributed by atoms with Crippen LogP contribution in [0.15, 0.2) is 10.7 Å². The molecule has 0 spiro atoms. The quantitative estimate of drug-likeness (QED) is 0.194. The van der Waals surface area contributed by atoms with E-state index in [9.17, 15) is 30.0 Å². The normalized spacial score (nSPS) is 32.7. The topological polar surface area (TPSA) is 177 Å². The summed E-state index contributed by atoms with van der Waals surface area (Å²) < 4.78 is 30.2. The first-order chi connectivity index (χ1) is 21.1. The second-order valence-corrected chi connectivity index (χ2v) is 12.9. The van der Waals surface area contributed by atoms with E-state index in [1.807, 2.05) is 0 Å². The minimum atomic E-state index is -1.65. The average molecular weight is 618 g/mol. The molecular formula is C32H43NO11.